The SMILES string of the molecule is Cc1cc(C)cc(NC(N)=NCc2ccnc(-n3cccn3)c2)c1. The van der Waals surface area contributed by atoms with E-state index in [2.05, 4.69) is 40.3 Å². The van der Waals surface area contributed by atoms with Crippen molar-refractivity contribution in [1.82, 2.24) is 14.8 Å². The lowest BCUT2D eigenvalue weighted by atomic mass is 10.1. The number of aryl methyl sites for hydroxylation is 2. The molecule has 0 saturated heterocycles. The Bertz CT molecular complexity index is 831. The van der Waals surface area contributed by atoms with E-state index in [9.17, 15) is 0 Å². The van der Waals surface area contributed by atoms with E-state index in [1.807, 2.05) is 36.5 Å². The number of hydrogen-bond donors (Lipinski definition) is 2. The second-order valence-corrected chi connectivity index (χ2v) is 5.68. The van der Waals surface area contributed by atoms with E-state index in [1.54, 1.807) is 17.1 Å². The number of pyridine rings is 1. The van der Waals surface area contributed by atoms with Crippen LogP contribution >= 0.6 is 0 Å². The number of aliphatic imine (C=N–C) groups is 1. The van der Waals surface area contributed by atoms with Crippen molar-refractivity contribution in [2.45, 2.75) is 20.4 Å². The van der Waals surface area contributed by atoms with Crippen LogP contribution in [0.4, 0.5) is 5.69 Å². The zero-order chi connectivity index (χ0) is 16.9. The highest BCUT2D eigenvalue weighted by atomic mass is 15.3. The zero-order valence-electron chi connectivity index (χ0n) is 13.8. The van der Waals surface area contributed by atoms with Crippen LogP contribution in [0.1, 0.15) is 16.7 Å². The van der Waals surface area contributed by atoms with Gasteiger partial charge in [-0.2, -0.15) is 5.10 Å². The first kappa shape index (κ1) is 15.7. The molecule has 6 nitrogen and oxygen atoms in total. The van der Waals surface area contributed by atoms with Gasteiger partial charge in [-0.3, -0.25) is 0 Å². The first-order chi connectivity index (χ1) is 11.6. The highest BCUT2D eigenvalue weighted by Crippen LogP contribution is 2.13. The highest BCUT2D eigenvalue weighted by Gasteiger charge is 2.01. The minimum Gasteiger partial charge on any atom is -0.370 e. The van der Waals surface area contributed by atoms with Crippen molar-refractivity contribution in [2.24, 2.45) is 10.7 Å². The Kier molecular flexibility index (Phi) is 4.56. The highest BCUT2D eigenvalue weighted by molar-refractivity contribution is 5.92. The molecule has 0 aliphatic rings. The minimum absolute atomic E-state index is 0.387. The number of benzene rings is 1. The summed E-state index contributed by atoms with van der Waals surface area (Å²) in [5, 5.41) is 7.31. The molecule has 3 N–H and O–H groups in total. The van der Waals surface area contributed by atoms with Gasteiger partial charge in [0.25, 0.3) is 0 Å². The van der Waals surface area contributed by atoms with Crippen LogP contribution in [0, 0.1) is 13.8 Å². The van der Waals surface area contributed by atoms with E-state index in [1.165, 1.54) is 11.1 Å². The number of rotatable bonds is 4. The lowest BCUT2D eigenvalue weighted by Crippen LogP contribution is -2.22. The molecule has 0 unspecified atom stereocenters. The van der Waals surface area contributed by atoms with Crippen LogP contribution in [0.2, 0.25) is 0 Å². The number of guanidine groups is 1. The maximum atomic E-state index is 5.99. The van der Waals surface area contributed by atoms with Crippen molar-refractivity contribution in [2.75, 3.05) is 5.32 Å². The number of aromatic nitrogens is 3. The molecule has 0 bridgehead atoms. The first-order valence-corrected chi connectivity index (χ1v) is 7.70. The summed E-state index contributed by atoms with van der Waals surface area (Å²) in [4.78, 5) is 8.70. The van der Waals surface area contributed by atoms with Crippen molar-refractivity contribution in [3.8, 4) is 5.82 Å². The molecule has 0 spiro atoms. The lowest BCUT2D eigenvalue weighted by Gasteiger charge is -2.08. The van der Waals surface area contributed by atoms with Gasteiger partial charge in [-0.1, -0.05) is 6.07 Å². The van der Waals surface area contributed by atoms with Crippen LogP contribution in [0.25, 0.3) is 5.82 Å². The molecule has 0 saturated carbocycles. The standard InChI is InChI=1S/C18H20N6/c1-13-8-14(2)10-16(9-13)23-18(19)21-12-15-4-6-20-17(11-15)24-7-3-5-22-24/h3-11H,12H2,1-2H3,(H3,19,21,23). The number of nitrogens with one attached hydrogen (secondary N) is 1. The van der Waals surface area contributed by atoms with Crippen LogP contribution in [-0.4, -0.2) is 20.7 Å². The van der Waals surface area contributed by atoms with Crippen LogP contribution in [0.15, 0.2) is 60.0 Å². The largest absolute Gasteiger partial charge is 0.370 e. The number of anilines is 1. The fourth-order valence-electron chi connectivity index (χ4n) is 2.50. The van der Waals surface area contributed by atoms with E-state index in [0.29, 0.717) is 12.5 Å². The molecule has 0 atom stereocenters. The van der Waals surface area contributed by atoms with Gasteiger partial charge < -0.3 is 11.1 Å². The van der Waals surface area contributed by atoms with Crippen molar-refractivity contribution < 1.29 is 0 Å². The zero-order valence-corrected chi connectivity index (χ0v) is 13.8. The smallest absolute Gasteiger partial charge is 0.193 e. The molecule has 122 valence electrons. The fraction of sp³-hybridized carbons (Fsp3) is 0.167. The molecule has 2 heterocycles. The second kappa shape index (κ2) is 6.95. The molecule has 0 radical (unpaired) electrons. The van der Waals surface area contributed by atoms with Crippen LogP contribution in [-0.2, 0) is 6.54 Å². The van der Waals surface area contributed by atoms with Gasteiger partial charge >= 0.3 is 0 Å². The average Bonchev–Trinajstić information content (AvgIpc) is 3.07. The fourth-order valence-corrected chi connectivity index (χ4v) is 2.50. The molecule has 1 aromatic carbocycles. The van der Waals surface area contributed by atoms with Gasteiger partial charge in [0.15, 0.2) is 11.8 Å². The number of hydrogen-bond acceptors (Lipinski definition) is 3. The third-order valence-corrected chi connectivity index (χ3v) is 3.48. The second-order valence-electron chi connectivity index (χ2n) is 5.68. The maximum absolute atomic E-state index is 5.99. The molecular weight excluding hydrogens is 300 g/mol. The molecule has 3 aromatic rings. The van der Waals surface area contributed by atoms with E-state index in [4.69, 9.17) is 5.73 Å². The van der Waals surface area contributed by atoms with E-state index in [0.717, 1.165) is 17.1 Å². The Morgan fingerprint density at radius 2 is 1.96 bits per heavy atom. The summed E-state index contributed by atoms with van der Waals surface area (Å²) in [6, 6.07) is 11.9. The van der Waals surface area contributed by atoms with E-state index in [-0.39, 0.29) is 0 Å². The Hall–Kier alpha value is -3.15. The van der Waals surface area contributed by atoms with Crippen molar-refractivity contribution in [1.29, 1.82) is 0 Å². The Balaban J connectivity index is 1.70. The predicted molar refractivity (Wildman–Crippen MR) is 96.2 cm³/mol. The van der Waals surface area contributed by atoms with Crippen LogP contribution < -0.4 is 11.1 Å². The molecule has 2 aromatic heterocycles. The van der Waals surface area contributed by atoms with E-state index >= 15 is 0 Å². The van der Waals surface area contributed by atoms with E-state index < -0.39 is 0 Å². The average molecular weight is 320 g/mol. The van der Waals surface area contributed by atoms with Gasteiger partial charge in [-0.05, 0) is 60.9 Å². The van der Waals surface area contributed by atoms with Crippen LogP contribution in [0.5, 0.6) is 0 Å². The monoisotopic (exact) mass is 320 g/mol. The summed E-state index contributed by atoms with van der Waals surface area (Å²) in [5.74, 6) is 1.14. The number of nitrogens with two attached hydrogens (primary N) is 1. The van der Waals surface area contributed by atoms with Crippen LogP contribution in [0.3, 0.4) is 0 Å². The number of nitrogens with zero attached hydrogens (tertiary/aromatic N) is 4. The molecule has 0 fully saturated rings. The Morgan fingerprint density at radius 1 is 1.17 bits per heavy atom. The molecule has 0 amide bonds. The predicted octanol–water partition coefficient (Wildman–Crippen LogP) is 2.81. The van der Waals surface area contributed by atoms with Gasteiger partial charge in [0.1, 0.15) is 0 Å². The van der Waals surface area contributed by atoms with Gasteiger partial charge in [0.2, 0.25) is 0 Å². The summed E-state index contributed by atoms with van der Waals surface area (Å²) >= 11 is 0. The van der Waals surface area contributed by atoms with Crippen molar-refractivity contribution in [3.05, 3.63) is 71.7 Å². The minimum atomic E-state index is 0.387. The normalized spacial score (nSPS) is 11.5. The summed E-state index contributed by atoms with van der Waals surface area (Å²) in [7, 11) is 0. The molecule has 0 aliphatic heterocycles. The molecule has 3 rings (SSSR count). The topological polar surface area (TPSA) is 81.1 Å². The molecule has 0 aliphatic carbocycles. The summed E-state index contributed by atoms with van der Waals surface area (Å²) in [6.07, 6.45) is 5.32. The Morgan fingerprint density at radius 3 is 2.67 bits per heavy atom. The van der Waals surface area contributed by atoms with Gasteiger partial charge in [0, 0.05) is 24.3 Å². The van der Waals surface area contributed by atoms with Gasteiger partial charge in [0.05, 0.1) is 6.54 Å². The quantitative estimate of drug-likeness (QED) is 0.572. The summed E-state index contributed by atoms with van der Waals surface area (Å²) in [6.45, 7) is 4.58. The summed E-state index contributed by atoms with van der Waals surface area (Å²) in [5.41, 5.74) is 10.3. The summed E-state index contributed by atoms with van der Waals surface area (Å²) < 4.78 is 1.71. The third-order valence-electron chi connectivity index (χ3n) is 3.48. The van der Waals surface area contributed by atoms with Gasteiger partial charge in [-0.25, -0.2) is 14.7 Å². The lowest BCUT2D eigenvalue weighted by molar-refractivity contribution is 0.841. The maximum Gasteiger partial charge on any atom is 0.193 e. The van der Waals surface area contributed by atoms with Crippen molar-refractivity contribution >= 4 is 11.6 Å². The molecule has 24 heavy (non-hydrogen) atoms. The molecule has 6 heteroatoms. The van der Waals surface area contributed by atoms with Crippen molar-refractivity contribution in [3.63, 3.8) is 0 Å². The Labute approximate surface area is 141 Å². The van der Waals surface area contributed by atoms with Gasteiger partial charge in [-0.15, -0.1) is 0 Å². The first-order valence-electron chi connectivity index (χ1n) is 7.70. The third kappa shape index (κ3) is 3.98. The molecular formula is C18H20N6.